The average Bonchev–Trinajstić information content (AvgIpc) is 2.77. The summed E-state index contributed by atoms with van der Waals surface area (Å²) in [5.74, 6) is 0. The maximum Gasteiger partial charge on any atom is 0.0391 e. The van der Waals surface area contributed by atoms with E-state index >= 15 is 0 Å². The summed E-state index contributed by atoms with van der Waals surface area (Å²) in [6, 6.07) is 12.9. The lowest BCUT2D eigenvalue weighted by molar-refractivity contribution is 0.243. The lowest BCUT2D eigenvalue weighted by atomic mass is 10.1. The SMILES string of the molecule is c1ccc(CN2CCc3cc[nH]c3C2)cc1. The minimum atomic E-state index is 1.05. The minimum absolute atomic E-state index is 1.05. The molecule has 0 amide bonds. The second kappa shape index (κ2) is 4.14. The van der Waals surface area contributed by atoms with Gasteiger partial charge in [-0.1, -0.05) is 30.3 Å². The van der Waals surface area contributed by atoms with Gasteiger partial charge < -0.3 is 4.98 Å². The third-order valence-corrected chi connectivity index (χ3v) is 3.26. The van der Waals surface area contributed by atoms with Crippen molar-refractivity contribution in [3.8, 4) is 0 Å². The van der Waals surface area contributed by atoms with Crippen LogP contribution in [0.3, 0.4) is 0 Å². The lowest BCUT2D eigenvalue weighted by Gasteiger charge is -2.26. The molecule has 3 rings (SSSR count). The highest BCUT2D eigenvalue weighted by Crippen LogP contribution is 2.18. The van der Waals surface area contributed by atoms with E-state index in [0.717, 1.165) is 13.1 Å². The summed E-state index contributed by atoms with van der Waals surface area (Å²) in [4.78, 5) is 5.83. The Morgan fingerprint density at radius 3 is 2.88 bits per heavy atom. The van der Waals surface area contributed by atoms with Crippen molar-refractivity contribution in [2.75, 3.05) is 6.54 Å². The van der Waals surface area contributed by atoms with Gasteiger partial charge in [0.1, 0.15) is 0 Å². The predicted octanol–water partition coefficient (Wildman–Crippen LogP) is 2.57. The normalized spacial score (nSPS) is 16.0. The molecular weight excluding hydrogens is 196 g/mol. The first-order valence-corrected chi connectivity index (χ1v) is 5.83. The lowest BCUT2D eigenvalue weighted by Crippen LogP contribution is -2.29. The highest BCUT2D eigenvalue weighted by molar-refractivity contribution is 5.23. The molecule has 0 saturated carbocycles. The molecule has 1 aromatic carbocycles. The second-order valence-corrected chi connectivity index (χ2v) is 4.43. The molecule has 16 heavy (non-hydrogen) atoms. The Kier molecular flexibility index (Phi) is 2.50. The van der Waals surface area contributed by atoms with Gasteiger partial charge in [0.05, 0.1) is 0 Å². The largest absolute Gasteiger partial charge is 0.364 e. The Bertz CT molecular complexity index is 459. The average molecular weight is 212 g/mol. The maximum absolute atomic E-state index is 3.33. The van der Waals surface area contributed by atoms with Crippen molar-refractivity contribution in [1.82, 2.24) is 9.88 Å². The standard InChI is InChI=1S/C14H16N2/c1-2-4-12(5-3-1)10-16-9-7-13-6-8-15-14(13)11-16/h1-6,8,15H,7,9-11H2. The van der Waals surface area contributed by atoms with Gasteiger partial charge in [-0.2, -0.15) is 0 Å². The molecule has 1 aromatic heterocycles. The zero-order valence-corrected chi connectivity index (χ0v) is 9.32. The molecule has 0 bridgehead atoms. The Morgan fingerprint density at radius 2 is 2.00 bits per heavy atom. The van der Waals surface area contributed by atoms with Gasteiger partial charge in [-0.3, -0.25) is 4.90 Å². The van der Waals surface area contributed by atoms with Crippen LogP contribution in [0.4, 0.5) is 0 Å². The molecule has 0 fully saturated rings. The first-order valence-electron chi connectivity index (χ1n) is 5.83. The van der Waals surface area contributed by atoms with Crippen LogP contribution in [0.2, 0.25) is 0 Å². The highest BCUT2D eigenvalue weighted by atomic mass is 15.1. The second-order valence-electron chi connectivity index (χ2n) is 4.43. The summed E-state index contributed by atoms with van der Waals surface area (Å²) in [6.45, 7) is 3.27. The zero-order chi connectivity index (χ0) is 10.8. The van der Waals surface area contributed by atoms with Crippen molar-refractivity contribution in [3.63, 3.8) is 0 Å². The van der Waals surface area contributed by atoms with Gasteiger partial charge >= 0.3 is 0 Å². The number of rotatable bonds is 2. The van der Waals surface area contributed by atoms with Crippen molar-refractivity contribution < 1.29 is 0 Å². The Labute approximate surface area is 95.9 Å². The number of benzene rings is 1. The molecule has 2 nitrogen and oxygen atoms in total. The summed E-state index contributed by atoms with van der Waals surface area (Å²) in [5.41, 5.74) is 4.28. The van der Waals surface area contributed by atoms with E-state index in [4.69, 9.17) is 0 Å². The summed E-state index contributed by atoms with van der Waals surface area (Å²) in [7, 11) is 0. The van der Waals surface area contributed by atoms with E-state index in [0.29, 0.717) is 0 Å². The summed E-state index contributed by atoms with van der Waals surface area (Å²) < 4.78 is 0. The fourth-order valence-corrected chi connectivity index (χ4v) is 2.38. The summed E-state index contributed by atoms with van der Waals surface area (Å²) >= 11 is 0. The molecule has 2 heteroatoms. The number of aromatic amines is 1. The molecule has 2 aromatic rings. The van der Waals surface area contributed by atoms with Gasteiger partial charge in [0, 0.05) is 31.5 Å². The van der Waals surface area contributed by atoms with Gasteiger partial charge in [0.25, 0.3) is 0 Å². The summed E-state index contributed by atoms with van der Waals surface area (Å²) in [6.07, 6.45) is 3.22. The predicted molar refractivity (Wildman–Crippen MR) is 65.1 cm³/mol. The molecule has 0 atom stereocenters. The molecule has 0 radical (unpaired) electrons. The van der Waals surface area contributed by atoms with Gasteiger partial charge in [0.15, 0.2) is 0 Å². The van der Waals surface area contributed by atoms with E-state index < -0.39 is 0 Å². The van der Waals surface area contributed by atoms with Crippen molar-refractivity contribution in [1.29, 1.82) is 0 Å². The van der Waals surface area contributed by atoms with Crippen LogP contribution >= 0.6 is 0 Å². The number of nitrogens with zero attached hydrogens (tertiary/aromatic N) is 1. The number of hydrogen-bond donors (Lipinski definition) is 1. The third kappa shape index (κ3) is 1.89. The zero-order valence-electron chi connectivity index (χ0n) is 9.32. The Morgan fingerprint density at radius 1 is 1.12 bits per heavy atom. The van der Waals surface area contributed by atoms with Crippen LogP contribution in [0.1, 0.15) is 16.8 Å². The van der Waals surface area contributed by atoms with E-state index in [9.17, 15) is 0 Å². The van der Waals surface area contributed by atoms with Gasteiger partial charge in [0.2, 0.25) is 0 Å². The Balaban J connectivity index is 1.71. The van der Waals surface area contributed by atoms with Crippen LogP contribution in [0, 0.1) is 0 Å². The first kappa shape index (κ1) is 9.67. The molecule has 82 valence electrons. The summed E-state index contributed by atoms with van der Waals surface area (Å²) in [5, 5.41) is 0. The van der Waals surface area contributed by atoms with E-state index in [1.807, 2.05) is 0 Å². The van der Waals surface area contributed by atoms with Crippen molar-refractivity contribution in [2.24, 2.45) is 0 Å². The topological polar surface area (TPSA) is 19.0 Å². The first-order chi connectivity index (χ1) is 7.92. The van der Waals surface area contributed by atoms with Crippen LogP contribution in [-0.4, -0.2) is 16.4 Å². The minimum Gasteiger partial charge on any atom is -0.364 e. The molecule has 0 spiro atoms. The number of hydrogen-bond acceptors (Lipinski definition) is 1. The molecule has 2 heterocycles. The monoisotopic (exact) mass is 212 g/mol. The number of H-pyrrole nitrogens is 1. The molecule has 0 saturated heterocycles. The van der Waals surface area contributed by atoms with Crippen LogP contribution in [0.5, 0.6) is 0 Å². The third-order valence-electron chi connectivity index (χ3n) is 3.26. The molecule has 1 aliphatic heterocycles. The molecule has 1 N–H and O–H groups in total. The van der Waals surface area contributed by atoms with Crippen molar-refractivity contribution in [3.05, 3.63) is 59.4 Å². The number of nitrogens with one attached hydrogen (secondary N) is 1. The smallest absolute Gasteiger partial charge is 0.0391 e. The quantitative estimate of drug-likeness (QED) is 0.810. The maximum atomic E-state index is 3.33. The molecule has 0 aliphatic carbocycles. The van der Waals surface area contributed by atoms with Crippen LogP contribution in [0.15, 0.2) is 42.6 Å². The fourth-order valence-electron chi connectivity index (χ4n) is 2.38. The van der Waals surface area contributed by atoms with Crippen LogP contribution < -0.4 is 0 Å². The van der Waals surface area contributed by atoms with E-state index in [1.54, 1.807) is 0 Å². The highest BCUT2D eigenvalue weighted by Gasteiger charge is 2.16. The van der Waals surface area contributed by atoms with Gasteiger partial charge in [-0.05, 0) is 23.6 Å². The Hall–Kier alpha value is -1.54. The van der Waals surface area contributed by atoms with E-state index in [2.05, 4.69) is 52.5 Å². The number of aromatic nitrogens is 1. The molecular formula is C14H16N2. The van der Waals surface area contributed by atoms with Crippen molar-refractivity contribution in [2.45, 2.75) is 19.5 Å². The van der Waals surface area contributed by atoms with Crippen molar-refractivity contribution >= 4 is 0 Å². The van der Waals surface area contributed by atoms with Crippen LogP contribution in [0.25, 0.3) is 0 Å². The van der Waals surface area contributed by atoms with Crippen LogP contribution in [-0.2, 0) is 19.5 Å². The molecule has 0 unspecified atom stereocenters. The van der Waals surface area contributed by atoms with E-state index in [-0.39, 0.29) is 0 Å². The fraction of sp³-hybridized carbons (Fsp3) is 0.286. The number of fused-ring (bicyclic) bond motifs is 1. The molecule has 1 aliphatic rings. The van der Waals surface area contributed by atoms with Gasteiger partial charge in [-0.15, -0.1) is 0 Å². The van der Waals surface area contributed by atoms with Gasteiger partial charge in [-0.25, -0.2) is 0 Å². The van der Waals surface area contributed by atoms with E-state index in [1.165, 1.54) is 29.8 Å².